The van der Waals surface area contributed by atoms with Crippen molar-refractivity contribution in [2.24, 2.45) is 5.92 Å². The van der Waals surface area contributed by atoms with Gasteiger partial charge in [-0.2, -0.15) is 0 Å². The molecule has 0 bridgehead atoms. The molecule has 188 valence electrons. The van der Waals surface area contributed by atoms with Gasteiger partial charge in [0, 0.05) is 36.3 Å². The Balaban J connectivity index is 1.26. The number of likely N-dealkylation sites (tertiary alicyclic amines) is 1. The first-order valence-electron chi connectivity index (χ1n) is 13.2. The first kappa shape index (κ1) is 24.2. The van der Waals surface area contributed by atoms with E-state index in [1.54, 1.807) is 13.1 Å². The fourth-order valence-electron chi connectivity index (χ4n) is 5.43. The summed E-state index contributed by atoms with van der Waals surface area (Å²) in [6.07, 6.45) is 7.57. The van der Waals surface area contributed by atoms with Gasteiger partial charge in [-0.15, -0.1) is 0 Å². The molecular formula is C29H34N4O3. The number of carbonyl (C=O) groups is 2. The lowest BCUT2D eigenvalue weighted by Crippen LogP contribution is -2.33. The molecule has 4 heterocycles. The van der Waals surface area contributed by atoms with Crippen LogP contribution in [0.2, 0.25) is 0 Å². The molecular weight excluding hydrogens is 452 g/mol. The van der Waals surface area contributed by atoms with Crippen LogP contribution in [0.1, 0.15) is 61.9 Å². The molecule has 5 rings (SSSR count). The van der Waals surface area contributed by atoms with Crippen molar-refractivity contribution in [2.45, 2.75) is 57.9 Å². The Hall–Kier alpha value is -3.48. The second-order valence-corrected chi connectivity index (χ2v) is 9.74. The minimum atomic E-state index is -0.368. The topological polar surface area (TPSA) is 84.4 Å². The highest BCUT2D eigenvalue weighted by Crippen LogP contribution is 2.34. The quantitative estimate of drug-likeness (QED) is 0.435. The van der Waals surface area contributed by atoms with E-state index in [0.29, 0.717) is 13.2 Å². The Morgan fingerprint density at radius 1 is 1.25 bits per heavy atom. The van der Waals surface area contributed by atoms with E-state index in [2.05, 4.69) is 22.4 Å². The van der Waals surface area contributed by atoms with Crippen LogP contribution < -0.4 is 5.32 Å². The Bertz CT molecular complexity index is 1240. The number of para-hydroxylation sites is 1. The number of anilines is 1. The monoisotopic (exact) mass is 486 g/mol. The van der Waals surface area contributed by atoms with Gasteiger partial charge in [0.25, 0.3) is 0 Å². The predicted octanol–water partition coefficient (Wildman–Crippen LogP) is 4.85. The molecule has 36 heavy (non-hydrogen) atoms. The zero-order valence-electron chi connectivity index (χ0n) is 20.9. The summed E-state index contributed by atoms with van der Waals surface area (Å²) in [5.41, 5.74) is 4.14. The van der Waals surface area contributed by atoms with Crippen LogP contribution in [0.5, 0.6) is 0 Å². The summed E-state index contributed by atoms with van der Waals surface area (Å²) in [5.74, 6) is 0.822. The number of rotatable bonds is 9. The summed E-state index contributed by atoms with van der Waals surface area (Å²) in [7, 11) is 0. The van der Waals surface area contributed by atoms with Crippen molar-refractivity contribution in [1.82, 2.24) is 14.9 Å². The Labute approximate surface area is 212 Å². The zero-order chi connectivity index (χ0) is 24.9. The fraction of sp³-hybridized carbons (Fsp3) is 0.448. The normalized spacial score (nSPS) is 18.1. The van der Waals surface area contributed by atoms with Crippen molar-refractivity contribution < 1.29 is 14.3 Å². The third kappa shape index (κ3) is 5.35. The molecule has 0 saturated carbocycles. The number of esters is 1. The lowest BCUT2D eigenvalue weighted by Gasteiger charge is -2.28. The van der Waals surface area contributed by atoms with Crippen LogP contribution in [-0.2, 0) is 27.2 Å². The Morgan fingerprint density at radius 2 is 2.14 bits per heavy atom. The Morgan fingerprint density at radius 3 is 3.03 bits per heavy atom. The van der Waals surface area contributed by atoms with E-state index < -0.39 is 0 Å². The van der Waals surface area contributed by atoms with Gasteiger partial charge in [-0.3, -0.25) is 14.6 Å². The third-order valence-corrected chi connectivity index (χ3v) is 7.33. The molecule has 1 aromatic carbocycles. The molecule has 0 aliphatic carbocycles. The minimum Gasteiger partial charge on any atom is -0.466 e. The molecule has 0 radical (unpaired) electrons. The van der Waals surface area contributed by atoms with Gasteiger partial charge in [0.1, 0.15) is 5.82 Å². The molecule has 7 nitrogen and oxygen atoms in total. The molecule has 2 atom stereocenters. The van der Waals surface area contributed by atoms with Crippen LogP contribution in [0.25, 0.3) is 10.9 Å². The standard InChI is InChI=1S/C29H34N4O3/c1-2-36-27(34)18-26(23-17-22-7-3-4-11-25(22)31-19-23)33-16-14-21(29(33)35)8-5-10-24-13-12-20-9-6-15-30-28(20)32-24/h3-4,7,11-13,17,19,21,26H,2,5-6,8-10,14-16,18H2,1H3,(H,30,32)/t21?,26-/m0/s1. The molecule has 2 aliphatic heterocycles. The molecule has 7 heteroatoms. The van der Waals surface area contributed by atoms with Gasteiger partial charge in [0.05, 0.1) is 24.6 Å². The number of benzene rings is 1. The number of pyridine rings is 2. The number of hydrogen-bond acceptors (Lipinski definition) is 6. The number of fused-ring (bicyclic) bond motifs is 2. The van der Waals surface area contributed by atoms with E-state index in [0.717, 1.165) is 73.0 Å². The second kappa shape index (κ2) is 11.1. The van der Waals surface area contributed by atoms with Gasteiger partial charge in [-0.25, -0.2) is 4.98 Å². The van der Waals surface area contributed by atoms with Crippen LogP contribution in [0.4, 0.5) is 5.82 Å². The van der Waals surface area contributed by atoms with E-state index in [9.17, 15) is 9.59 Å². The van der Waals surface area contributed by atoms with Gasteiger partial charge in [0.2, 0.25) is 5.91 Å². The number of carbonyl (C=O) groups excluding carboxylic acids is 2. The highest BCUT2D eigenvalue weighted by atomic mass is 16.5. The number of aryl methyl sites for hydroxylation is 2. The zero-order valence-corrected chi connectivity index (χ0v) is 20.9. The summed E-state index contributed by atoms with van der Waals surface area (Å²) < 4.78 is 5.25. The van der Waals surface area contributed by atoms with Gasteiger partial charge in [-0.1, -0.05) is 24.3 Å². The van der Waals surface area contributed by atoms with Crippen molar-refractivity contribution in [3.63, 3.8) is 0 Å². The minimum absolute atomic E-state index is 0.0288. The summed E-state index contributed by atoms with van der Waals surface area (Å²) in [6, 6.07) is 13.9. The molecule has 0 spiro atoms. The largest absolute Gasteiger partial charge is 0.466 e. The van der Waals surface area contributed by atoms with Gasteiger partial charge >= 0.3 is 5.97 Å². The number of hydrogen-bond donors (Lipinski definition) is 1. The molecule has 1 saturated heterocycles. The molecule has 1 unspecified atom stereocenters. The number of nitrogens with one attached hydrogen (secondary N) is 1. The van der Waals surface area contributed by atoms with Crippen molar-refractivity contribution >= 4 is 28.6 Å². The summed E-state index contributed by atoms with van der Waals surface area (Å²) in [6.45, 7) is 3.75. The van der Waals surface area contributed by atoms with E-state index >= 15 is 0 Å². The molecule has 1 amide bonds. The van der Waals surface area contributed by atoms with Crippen molar-refractivity contribution in [1.29, 1.82) is 0 Å². The molecule has 3 aromatic rings. The van der Waals surface area contributed by atoms with Crippen LogP contribution in [-0.4, -0.2) is 46.4 Å². The van der Waals surface area contributed by atoms with Gasteiger partial charge < -0.3 is 15.0 Å². The van der Waals surface area contributed by atoms with Crippen molar-refractivity contribution in [3.05, 3.63) is 65.5 Å². The van der Waals surface area contributed by atoms with Gasteiger partial charge in [-0.05, 0) is 74.8 Å². The maximum atomic E-state index is 13.5. The molecule has 1 fully saturated rings. The number of ether oxygens (including phenoxy) is 1. The summed E-state index contributed by atoms with van der Waals surface area (Å²) in [4.78, 5) is 37.2. The van der Waals surface area contributed by atoms with E-state index in [1.165, 1.54) is 5.56 Å². The number of nitrogens with zero attached hydrogens (tertiary/aromatic N) is 3. The smallest absolute Gasteiger partial charge is 0.308 e. The highest BCUT2D eigenvalue weighted by molar-refractivity contribution is 5.83. The van der Waals surface area contributed by atoms with E-state index in [4.69, 9.17) is 9.72 Å². The summed E-state index contributed by atoms with van der Waals surface area (Å²) >= 11 is 0. The van der Waals surface area contributed by atoms with E-state index in [-0.39, 0.29) is 30.3 Å². The molecule has 1 N–H and O–H groups in total. The predicted molar refractivity (Wildman–Crippen MR) is 140 cm³/mol. The number of amides is 1. The maximum Gasteiger partial charge on any atom is 0.308 e. The molecule has 2 aromatic heterocycles. The van der Waals surface area contributed by atoms with Crippen LogP contribution >= 0.6 is 0 Å². The van der Waals surface area contributed by atoms with Crippen LogP contribution in [0, 0.1) is 5.92 Å². The first-order valence-corrected chi connectivity index (χ1v) is 13.2. The molecule has 2 aliphatic rings. The van der Waals surface area contributed by atoms with Crippen molar-refractivity contribution in [3.8, 4) is 0 Å². The maximum absolute atomic E-state index is 13.5. The lowest BCUT2D eigenvalue weighted by molar-refractivity contribution is -0.145. The first-order chi connectivity index (χ1) is 17.6. The average Bonchev–Trinajstić information content (AvgIpc) is 3.27. The third-order valence-electron chi connectivity index (χ3n) is 7.33. The fourth-order valence-corrected chi connectivity index (χ4v) is 5.43. The van der Waals surface area contributed by atoms with Crippen LogP contribution in [0.3, 0.4) is 0 Å². The van der Waals surface area contributed by atoms with E-state index in [1.807, 2.05) is 35.2 Å². The number of aromatic nitrogens is 2. The average molecular weight is 487 g/mol. The van der Waals surface area contributed by atoms with Crippen LogP contribution in [0.15, 0.2) is 48.7 Å². The highest BCUT2D eigenvalue weighted by Gasteiger charge is 2.37. The SMILES string of the molecule is CCOC(=O)C[C@@H](c1cnc2ccccc2c1)N1CCC(CCCc2ccc3c(n2)NCCC3)C1=O. The second-order valence-electron chi connectivity index (χ2n) is 9.74. The lowest BCUT2D eigenvalue weighted by atomic mass is 9.98. The Kier molecular flexibility index (Phi) is 7.44. The van der Waals surface area contributed by atoms with Gasteiger partial charge in [0.15, 0.2) is 0 Å². The summed E-state index contributed by atoms with van der Waals surface area (Å²) in [5, 5.41) is 4.40. The van der Waals surface area contributed by atoms with Crippen molar-refractivity contribution in [2.75, 3.05) is 25.0 Å².